The van der Waals surface area contributed by atoms with Gasteiger partial charge in [-0.1, -0.05) is 47.5 Å². The number of hydrogen-bond donors (Lipinski definition) is 0. The second kappa shape index (κ2) is 7.08. The summed E-state index contributed by atoms with van der Waals surface area (Å²) in [5.41, 5.74) is 1.75. The third-order valence-electron chi connectivity index (χ3n) is 3.67. The molecule has 0 heterocycles. The number of Topliss-reactive ketones (excluding diaryl/α,β-unsaturated/α-hetero) is 2. The van der Waals surface area contributed by atoms with E-state index >= 15 is 0 Å². The van der Waals surface area contributed by atoms with Gasteiger partial charge in [-0.3, -0.25) is 9.59 Å². The number of benzene rings is 2. The van der Waals surface area contributed by atoms with Gasteiger partial charge in [0.25, 0.3) is 0 Å². The molecule has 0 spiro atoms. The Morgan fingerprint density at radius 3 is 1.32 bits per heavy atom. The van der Waals surface area contributed by atoms with E-state index < -0.39 is 5.92 Å². The Labute approximate surface area is 140 Å². The van der Waals surface area contributed by atoms with E-state index in [2.05, 4.69) is 0 Å². The minimum atomic E-state index is -0.720. The highest BCUT2D eigenvalue weighted by atomic mass is 35.5. The smallest absolute Gasteiger partial charge is 0.141 e. The van der Waals surface area contributed by atoms with Crippen LogP contribution in [-0.4, -0.2) is 11.6 Å². The molecule has 2 rings (SSSR count). The monoisotopic (exact) mass is 334 g/mol. The molecule has 0 bridgehead atoms. The van der Waals surface area contributed by atoms with Crippen molar-refractivity contribution in [1.82, 2.24) is 0 Å². The number of carbonyl (C=O) groups excluding carboxylic acids is 2. The second-order valence-corrected chi connectivity index (χ2v) is 6.15. The molecule has 4 heteroatoms. The lowest BCUT2D eigenvalue weighted by Gasteiger charge is -2.24. The maximum absolute atomic E-state index is 12.0. The van der Waals surface area contributed by atoms with Crippen LogP contribution in [0.4, 0.5) is 0 Å². The Balaban J connectivity index is 2.57. The maximum atomic E-state index is 12.0. The normalized spacial score (nSPS) is 11.0. The molecule has 0 aliphatic rings. The summed E-state index contributed by atoms with van der Waals surface area (Å²) in [7, 11) is 0. The first-order chi connectivity index (χ1) is 10.4. The van der Waals surface area contributed by atoms with E-state index in [-0.39, 0.29) is 17.5 Å². The van der Waals surface area contributed by atoms with Gasteiger partial charge < -0.3 is 0 Å². The minimum Gasteiger partial charge on any atom is -0.299 e. The summed E-state index contributed by atoms with van der Waals surface area (Å²) in [5, 5.41) is 1.22. The lowest BCUT2D eigenvalue weighted by molar-refractivity contribution is -0.130. The van der Waals surface area contributed by atoms with Gasteiger partial charge in [-0.15, -0.1) is 0 Å². The molecular weight excluding hydrogens is 319 g/mol. The Bertz CT molecular complexity index is 616. The highest BCUT2D eigenvalue weighted by Gasteiger charge is 2.32. The second-order valence-electron chi connectivity index (χ2n) is 5.28. The molecule has 0 unspecified atom stereocenters. The van der Waals surface area contributed by atoms with Crippen LogP contribution in [0.15, 0.2) is 48.5 Å². The largest absolute Gasteiger partial charge is 0.299 e. The van der Waals surface area contributed by atoms with E-state index in [1.54, 1.807) is 24.3 Å². The molecule has 2 aromatic rings. The van der Waals surface area contributed by atoms with Crippen molar-refractivity contribution >= 4 is 34.8 Å². The average Bonchev–Trinajstić information content (AvgIpc) is 2.46. The topological polar surface area (TPSA) is 34.1 Å². The number of carbonyl (C=O) groups is 2. The SMILES string of the molecule is CC(=O)C(C(C)=O)C(c1ccc(Cl)cc1)c1ccc(Cl)cc1. The van der Waals surface area contributed by atoms with Crippen LogP contribution in [0, 0.1) is 5.92 Å². The molecule has 0 N–H and O–H groups in total. The lowest BCUT2D eigenvalue weighted by Crippen LogP contribution is -2.27. The summed E-state index contributed by atoms with van der Waals surface area (Å²) in [4.78, 5) is 24.1. The van der Waals surface area contributed by atoms with Crippen molar-refractivity contribution in [1.29, 1.82) is 0 Å². The van der Waals surface area contributed by atoms with Crippen LogP contribution in [-0.2, 0) is 9.59 Å². The average molecular weight is 335 g/mol. The third kappa shape index (κ3) is 3.76. The summed E-state index contributed by atoms with van der Waals surface area (Å²) >= 11 is 11.9. The molecule has 22 heavy (non-hydrogen) atoms. The van der Waals surface area contributed by atoms with Crippen LogP contribution in [0.3, 0.4) is 0 Å². The molecule has 0 aliphatic heterocycles. The van der Waals surface area contributed by atoms with Crippen LogP contribution < -0.4 is 0 Å². The van der Waals surface area contributed by atoms with Gasteiger partial charge in [-0.05, 0) is 49.2 Å². The number of hydrogen-bond acceptors (Lipinski definition) is 2. The van der Waals surface area contributed by atoms with Crippen LogP contribution in [0.1, 0.15) is 30.9 Å². The van der Waals surface area contributed by atoms with Crippen LogP contribution in [0.5, 0.6) is 0 Å². The third-order valence-corrected chi connectivity index (χ3v) is 4.17. The summed E-state index contributed by atoms with van der Waals surface area (Å²) in [6, 6.07) is 14.4. The molecular formula is C18H16Cl2O2. The Morgan fingerprint density at radius 1 is 0.727 bits per heavy atom. The zero-order chi connectivity index (χ0) is 16.3. The summed E-state index contributed by atoms with van der Waals surface area (Å²) in [5.74, 6) is -1.36. The van der Waals surface area contributed by atoms with E-state index in [0.717, 1.165) is 11.1 Å². The fourth-order valence-electron chi connectivity index (χ4n) is 2.67. The number of halogens is 2. The highest BCUT2D eigenvalue weighted by molar-refractivity contribution is 6.30. The van der Waals surface area contributed by atoms with E-state index in [1.807, 2.05) is 24.3 Å². The first kappa shape index (κ1) is 16.7. The Kier molecular flexibility index (Phi) is 5.38. The van der Waals surface area contributed by atoms with Gasteiger partial charge in [-0.25, -0.2) is 0 Å². The number of ketones is 2. The zero-order valence-corrected chi connectivity index (χ0v) is 13.9. The van der Waals surface area contributed by atoms with Crippen molar-refractivity contribution in [2.75, 3.05) is 0 Å². The fourth-order valence-corrected chi connectivity index (χ4v) is 2.93. The van der Waals surface area contributed by atoms with Crippen LogP contribution in [0.2, 0.25) is 10.0 Å². The van der Waals surface area contributed by atoms with Crippen molar-refractivity contribution in [2.45, 2.75) is 19.8 Å². The number of rotatable bonds is 5. The maximum Gasteiger partial charge on any atom is 0.141 e. The van der Waals surface area contributed by atoms with Gasteiger partial charge in [0.05, 0.1) is 5.92 Å². The van der Waals surface area contributed by atoms with E-state index in [4.69, 9.17) is 23.2 Å². The molecule has 0 aliphatic carbocycles. The van der Waals surface area contributed by atoms with Gasteiger partial charge in [0.2, 0.25) is 0 Å². The van der Waals surface area contributed by atoms with Crippen LogP contribution >= 0.6 is 23.2 Å². The molecule has 0 aromatic heterocycles. The van der Waals surface area contributed by atoms with Gasteiger partial charge in [-0.2, -0.15) is 0 Å². The van der Waals surface area contributed by atoms with Gasteiger partial charge in [0.15, 0.2) is 0 Å². The molecule has 0 saturated heterocycles. The predicted octanol–water partition coefficient (Wildman–Crippen LogP) is 4.92. The lowest BCUT2D eigenvalue weighted by atomic mass is 9.77. The summed E-state index contributed by atoms with van der Waals surface area (Å²) in [6.45, 7) is 2.90. The quantitative estimate of drug-likeness (QED) is 0.727. The Hall–Kier alpha value is -1.64. The molecule has 0 atom stereocenters. The predicted molar refractivity (Wildman–Crippen MR) is 89.6 cm³/mol. The van der Waals surface area contributed by atoms with Gasteiger partial charge >= 0.3 is 0 Å². The van der Waals surface area contributed by atoms with Crippen molar-refractivity contribution in [3.63, 3.8) is 0 Å². The standard InChI is InChI=1S/C18H16Cl2O2/c1-11(21)17(12(2)22)18(13-3-7-15(19)8-4-13)14-5-9-16(20)10-6-14/h3-10,17-18H,1-2H3. The molecule has 0 amide bonds. The van der Waals surface area contributed by atoms with Gasteiger partial charge in [0, 0.05) is 16.0 Å². The zero-order valence-electron chi connectivity index (χ0n) is 12.3. The summed E-state index contributed by atoms with van der Waals surface area (Å²) < 4.78 is 0. The first-order valence-electron chi connectivity index (χ1n) is 6.92. The molecule has 2 nitrogen and oxygen atoms in total. The first-order valence-corrected chi connectivity index (χ1v) is 7.67. The van der Waals surface area contributed by atoms with Crippen molar-refractivity contribution in [3.8, 4) is 0 Å². The molecule has 0 fully saturated rings. The van der Waals surface area contributed by atoms with Crippen molar-refractivity contribution in [2.24, 2.45) is 5.92 Å². The summed E-state index contributed by atoms with van der Waals surface area (Å²) in [6.07, 6.45) is 0. The molecule has 0 radical (unpaired) electrons. The minimum absolute atomic E-state index is 0.151. The van der Waals surface area contributed by atoms with Gasteiger partial charge in [0.1, 0.15) is 11.6 Å². The molecule has 0 saturated carbocycles. The van der Waals surface area contributed by atoms with Crippen molar-refractivity contribution < 1.29 is 9.59 Å². The fraction of sp³-hybridized carbons (Fsp3) is 0.222. The molecule has 114 valence electrons. The van der Waals surface area contributed by atoms with Crippen molar-refractivity contribution in [3.05, 3.63) is 69.7 Å². The van der Waals surface area contributed by atoms with Crippen LogP contribution in [0.25, 0.3) is 0 Å². The van der Waals surface area contributed by atoms with E-state index in [1.165, 1.54) is 13.8 Å². The molecule has 2 aromatic carbocycles. The Morgan fingerprint density at radius 2 is 1.05 bits per heavy atom. The highest BCUT2D eigenvalue weighted by Crippen LogP contribution is 2.34. The van der Waals surface area contributed by atoms with E-state index in [0.29, 0.717) is 10.0 Å². The van der Waals surface area contributed by atoms with E-state index in [9.17, 15) is 9.59 Å².